The summed E-state index contributed by atoms with van der Waals surface area (Å²) in [7, 11) is -0.554. The van der Waals surface area contributed by atoms with Crippen LogP contribution in [0.2, 0.25) is 6.55 Å². The van der Waals surface area contributed by atoms with E-state index in [1.807, 2.05) is 12.6 Å². The molecule has 0 aliphatic heterocycles. The third-order valence-corrected chi connectivity index (χ3v) is 3.81. The number of hydrogen-bond donors (Lipinski definition) is 0. The van der Waals surface area contributed by atoms with Crippen molar-refractivity contribution in [2.24, 2.45) is 0 Å². The minimum Gasteiger partial charge on any atom is -0.390 e. The molecule has 0 saturated carbocycles. The molecule has 0 N–H and O–H groups in total. The van der Waals surface area contributed by atoms with Crippen LogP contribution < -0.4 is 0 Å². The molecule has 0 saturated heterocycles. The van der Waals surface area contributed by atoms with Crippen LogP contribution in [0.4, 0.5) is 0 Å². The van der Waals surface area contributed by atoms with Gasteiger partial charge in [0.25, 0.3) is 0 Å². The van der Waals surface area contributed by atoms with Crippen molar-refractivity contribution < 1.29 is 8.85 Å². The second kappa shape index (κ2) is 4.01. The lowest BCUT2D eigenvalue weighted by Gasteiger charge is -2.14. The van der Waals surface area contributed by atoms with Crippen LogP contribution >= 0.6 is 15.3 Å². The third-order valence-electron chi connectivity index (χ3n) is 0.759. The van der Waals surface area contributed by atoms with Crippen molar-refractivity contribution in [3.8, 4) is 6.07 Å². The van der Waals surface area contributed by atoms with Crippen LogP contribution in [-0.2, 0) is 8.85 Å². The second-order valence-electron chi connectivity index (χ2n) is 1.49. The first kappa shape index (κ1) is 9.11. The van der Waals surface area contributed by atoms with Crippen LogP contribution in [0, 0.1) is 11.3 Å². The third kappa shape index (κ3) is 4.60. The zero-order chi connectivity index (χ0) is 7.33. The largest absolute Gasteiger partial charge is 0.411 e. The van der Waals surface area contributed by atoms with E-state index in [0.717, 1.165) is 0 Å². The van der Waals surface area contributed by atoms with E-state index >= 15 is 0 Å². The van der Waals surface area contributed by atoms with Crippen molar-refractivity contribution in [1.82, 2.24) is 0 Å². The van der Waals surface area contributed by atoms with Crippen molar-refractivity contribution >= 4 is 22.5 Å². The molecule has 0 radical (unpaired) electrons. The van der Waals surface area contributed by atoms with Crippen molar-refractivity contribution in [3.05, 3.63) is 0 Å². The molecule has 1 atom stereocenters. The molecule has 9 heavy (non-hydrogen) atoms. The SMILES string of the molecule is CO[Si](C)(Br)OCC#N. The Labute approximate surface area is 63.4 Å². The monoisotopic (exact) mass is 209 g/mol. The molecule has 5 heteroatoms. The van der Waals surface area contributed by atoms with Crippen LogP contribution in [0.25, 0.3) is 0 Å². The Morgan fingerprint density at radius 3 is 2.67 bits per heavy atom. The Bertz CT molecular complexity index is 122. The smallest absolute Gasteiger partial charge is 0.390 e. The van der Waals surface area contributed by atoms with Gasteiger partial charge in [0, 0.05) is 7.11 Å². The van der Waals surface area contributed by atoms with E-state index in [0.29, 0.717) is 0 Å². The van der Waals surface area contributed by atoms with Gasteiger partial charge in [-0.05, 0) is 6.55 Å². The van der Waals surface area contributed by atoms with E-state index in [1.54, 1.807) is 7.11 Å². The summed E-state index contributed by atoms with van der Waals surface area (Å²) in [5.41, 5.74) is 0. The highest BCUT2D eigenvalue weighted by atomic mass is 79.9. The summed E-state index contributed by atoms with van der Waals surface area (Å²) in [4.78, 5) is 0. The standard InChI is InChI=1S/C4H8BrNO2Si/c1-7-9(2,5)8-4-3-6/h4H2,1-2H3. The summed E-state index contributed by atoms with van der Waals surface area (Å²) in [5.74, 6) is 0. The zero-order valence-electron chi connectivity index (χ0n) is 5.35. The van der Waals surface area contributed by atoms with E-state index in [-0.39, 0.29) is 6.61 Å². The molecule has 0 aromatic rings. The summed E-state index contributed by atoms with van der Waals surface area (Å²) in [6.45, 7) is 1.89. The van der Waals surface area contributed by atoms with Gasteiger partial charge in [-0.1, -0.05) is 15.3 Å². The van der Waals surface area contributed by atoms with Gasteiger partial charge in [0.15, 0.2) is 0 Å². The van der Waals surface area contributed by atoms with Gasteiger partial charge in [-0.25, -0.2) is 0 Å². The molecule has 3 nitrogen and oxygen atoms in total. The molecule has 0 aliphatic rings. The Morgan fingerprint density at radius 2 is 2.33 bits per heavy atom. The minimum absolute atomic E-state index is 0.0851. The van der Waals surface area contributed by atoms with E-state index in [1.165, 1.54) is 0 Å². The van der Waals surface area contributed by atoms with Crippen molar-refractivity contribution in [1.29, 1.82) is 5.26 Å². The molecule has 52 valence electrons. The zero-order valence-corrected chi connectivity index (χ0v) is 7.93. The fourth-order valence-electron chi connectivity index (χ4n) is 0.220. The molecule has 0 fully saturated rings. The van der Waals surface area contributed by atoms with Crippen LogP contribution in [0.1, 0.15) is 0 Å². The summed E-state index contributed by atoms with van der Waals surface area (Å²) in [6, 6.07) is 1.86. The highest BCUT2D eigenvalue weighted by molar-refractivity contribution is 9.25. The molecule has 0 rings (SSSR count). The lowest BCUT2D eigenvalue weighted by Crippen LogP contribution is -2.29. The molecular formula is C4H8BrNO2Si. The van der Waals surface area contributed by atoms with Crippen LogP contribution in [0.5, 0.6) is 0 Å². The fraction of sp³-hybridized carbons (Fsp3) is 0.750. The van der Waals surface area contributed by atoms with Gasteiger partial charge in [-0.3, -0.25) is 0 Å². The maximum atomic E-state index is 8.10. The summed E-state index contributed by atoms with van der Waals surface area (Å²) >= 11 is 3.23. The Balaban J connectivity index is 3.48. The maximum Gasteiger partial charge on any atom is 0.411 e. The lowest BCUT2D eigenvalue weighted by molar-refractivity contribution is 0.255. The molecule has 0 aliphatic carbocycles. The van der Waals surface area contributed by atoms with E-state index in [4.69, 9.17) is 14.1 Å². The molecule has 0 spiro atoms. The molecule has 0 amide bonds. The van der Waals surface area contributed by atoms with Gasteiger partial charge < -0.3 is 8.85 Å². The van der Waals surface area contributed by atoms with Crippen LogP contribution in [0.15, 0.2) is 0 Å². The Kier molecular flexibility index (Phi) is 4.06. The van der Waals surface area contributed by atoms with Gasteiger partial charge in [0.1, 0.15) is 6.61 Å². The Morgan fingerprint density at radius 1 is 1.78 bits per heavy atom. The van der Waals surface area contributed by atoms with E-state index < -0.39 is 7.18 Å². The maximum absolute atomic E-state index is 8.10. The lowest BCUT2D eigenvalue weighted by atomic mass is 10.9. The second-order valence-corrected chi connectivity index (χ2v) is 8.17. The minimum atomic E-state index is -2.11. The molecule has 0 aromatic carbocycles. The first-order valence-corrected chi connectivity index (χ1v) is 6.94. The molecular weight excluding hydrogens is 202 g/mol. The van der Waals surface area contributed by atoms with Crippen molar-refractivity contribution in [2.45, 2.75) is 6.55 Å². The first-order valence-electron chi connectivity index (χ1n) is 2.37. The highest BCUT2D eigenvalue weighted by Crippen LogP contribution is 2.12. The predicted molar refractivity (Wildman–Crippen MR) is 39.1 cm³/mol. The highest BCUT2D eigenvalue weighted by Gasteiger charge is 2.25. The van der Waals surface area contributed by atoms with Crippen LogP contribution in [-0.4, -0.2) is 20.9 Å². The summed E-state index contributed by atoms with van der Waals surface area (Å²) in [5, 5.41) is 8.10. The topological polar surface area (TPSA) is 42.2 Å². The van der Waals surface area contributed by atoms with E-state index in [9.17, 15) is 0 Å². The fourth-order valence-corrected chi connectivity index (χ4v) is 1.00. The first-order chi connectivity index (χ1) is 4.12. The van der Waals surface area contributed by atoms with Gasteiger partial charge >= 0.3 is 7.18 Å². The molecule has 0 aromatic heterocycles. The Hall–Kier alpha value is 0.107. The molecule has 0 heterocycles. The molecule has 1 unspecified atom stereocenters. The average Bonchev–Trinajstić information content (AvgIpc) is 1.84. The average molecular weight is 210 g/mol. The van der Waals surface area contributed by atoms with Gasteiger partial charge in [0.05, 0.1) is 6.07 Å². The summed E-state index contributed by atoms with van der Waals surface area (Å²) in [6.07, 6.45) is 0. The number of nitrogens with zero attached hydrogens (tertiary/aromatic N) is 1. The number of rotatable bonds is 3. The number of hydrogen-bond acceptors (Lipinski definition) is 3. The number of halogens is 1. The molecule has 0 bridgehead atoms. The predicted octanol–water partition coefficient (Wildman–Crippen LogP) is 1.14. The number of nitriles is 1. The van der Waals surface area contributed by atoms with Gasteiger partial charge in [-0.15, -0.1) is 0 Å². The summed E-state index contributed by atoms with van der Waals surface area (Å²) < 4.78 is 9.92. The van der Waals surface area contributed by atoms with Crippen LogP contribution in [0.3, 0.4) is 0 Å². The van der Waals surface area contributed by atoms with Gasteiger partial charge in [-0.2, -0.15) is 5.26 Å². The normalized spacial score (nSPS) is 16.2. The van der Waals surface area contributed by atoms with Crippen molar-refractivity contribution in [3.63, 3.8) is 0 Å². The van der Waals surface area contributed by atoms with E-state index in [2.05, 4.69) is 15.3 Å². The quantitative estimate of drug-likeness (QED) is 0.518. The van der Waals surface area contributed by atoms with Gasteiger partial charge in [0.2, 0.25) is 0 Å². The van der Waals surface area contributed by atoms with Crippen molar-refractivity contribution in [2.75, 3.05) is 13.7 Å².